The lowest BCUT2D eigenvalue weighted by Crippen LogP contribution is -2.30. The zero-order valence-corrected chi connectivity index (χ0v) is 31.5. The molecule has 0 radical (unpaired) electrons. The van der Waals surface area contributed by atoms with Gasteiger partial charge in [-0.25, -0.2) is 19.9 Å². The predicted molar refractivity (Wildman–Crippen MR) is 217 cm³/mol. The second kappa shape index (κ2) is 10.1. The van der Waals surface area contributed by atoms with Crippen LogP contribution in [0.2, 0.25) is 0 Å². The van der Waals surface area contributed by atoms with E-state index in [1.165, 1.54) is 66.4 Å². The Balaban J connectivity index is 1.19. The van der Waals surface area contributed by atoms with Gasteiger partial charge in [0.15, 0.2) is 0 Å². The maximum Gasteiger partial charge on any atom is 0.0937 e. The Hall–Kier alpha value is -5.74. The van der Waals surface area contributed by atoms with Crippen molar-refractivity contribution in [3.05, 3.63) is 188 Å². The van der Waals surface area contributed by atoms with Crippen LogP contribution in [0, 0.1) is 0 Å². The standard InChI is InChI=1S/C50H40N4/c1-49(2,3)41-33-23-35-36(52-44-38-27-17-9-7-15-25(27)37(43(44)51-35)26-16-8-10-18-28(26)38)24-34(33)42(50(4,5)6)48-47(41)53-45-39-29-19-11-13-21-31(29)40(46(45)54-48)32-22-14-12-20-30(32)39/h7-24,37-40H,1-6H3. The van der Waals surface area contributed by atoms with Crippen molar-refractivity contribution in [1.29, 1.82) is 0 Å². The molecule has 2 aromatic heterocycles. The van der Waals surface area contributed by atoms with Crippen LogP contribution in [0.3, 0.4) is 0 Å². The van der Waals surface area contributed by atoms with Crippen molar-refractivity contribution >= 4 is 32.8 Å². The van der Waals surface area contributed by atoms with Crippen LogP contribution >= 0.6 is 0 Å². The lowest BCUT2D eigenvalue weighted by molar-refractivity contribution is 0.589. The van der Waals surface area contributed by atoms with E-state index in [1.807, 2.05) is 0 Å². The highest BCUT2D eigenvalue weighted by Crippen LogP contribution is 2.57. The molecule has 0 fully saturated rings. The van der Waals surface area contributed by atoms with E-state index in [-0.39, 0.29) is 34.5 Å². The number of fused-ring (bicyclic) bond motifs is 3. The Morgan fingerprint density at radius 2 is 0.593 bits per heavy atom. The first-order valence-electron chi connectivity index (χ1n) is 19.5. The lowest BCUT2D eigenvalue weighted by atomic mass is 9.64. The monoisotopic (exact) mass is 696 g/mol. The average molecular weight is 697 g/mol. The summed E-state index contributed by atoms with van der Waals surface area (Å²) in [6.45, 7) is 13.9. The topological polar surface area (TPSA) is 51.6 Å². The molecule has 4 bridgehead atoms. The SMILES string of the molecule is CC(C)(C)c1c2cc3nc4c(nc3cc2c(C(C)(C)C)c2nc3c(nc12)C1c2ccccc2C3c2ccccc21)C1c2ccccc2C4c2ccccc21. The minimum Gasteiger partial charge on any atom is -0.248 e. The van der Waals surface area contributed by atoms with Gasteiger partial charge in [-0.3, -0.25) is 0 Å². The molecule has 4 heteroatoms. The molecule has 6 aliphatic carbocycles. The van der Waals surface area contributed by atoms with Crippen molar-refractivity contribution in [3.8, 4) is 0 Å². The highest BCUT2D eigenvalue weighted by molar-refractivity contribution is 6.09. The van der Waals surface area contributed by atoms with E-state index in [0.29, 0.717) is 0 Å². The molecule has 4 nitrogen and oxygen atoms in total. The molecule has 6 aliphatic rings. The molecular formula is C50H40N4. The summed E-state index contributed by atoms with van der Waals surface area (Å²) in [5.41, 5.74) is 21.3. The smallest absolute Gasteiger partial charge is 0.0937 e. The van der Waals surface area contributed by atoms with E-state index >= 15 is 0 Å². The van der Waals surface area contributed by atoms with Gasteiger partial charge in [-0.1, -0.05) is 139 Å². The van der Waals surface area contributed by atoms with Crippen molar-refractivity contribution in [1.82, 2.24) is 19.9 Å². The second-order valence-electron chi connectivity index (χ2n) is 18.1. The van der Waals surface area contributed by atoms with E-state index in [1.54, 1.807) is 0 Å². The summed E-state index contributed by atoms with van der Waals surface area (Å²) < 4.78 is 0. The van der Waals surface area contributed by atoms with E-state index in [4.69, 9.17) is 19.9 Å². The summed E-state index contributed by atoms with van der Waals surface area (Å²) in [5.74, 6) is 0.275. The Morgan fingerprint density at radius 1 is 0.352 bits per heavy atom. The van der Waals surface area contributed by atoms with Crippen LogP contribution in [0.1, 0.15) is 144 Å². The maximum absolute atomic E-state index is 5.82. The van der Waals surface area contributed by atoms with Crippen molar-refractivity contribution in [2.45, 2.75) is 76.0 Å². The third kappa shape index (κ3) is 3.78. The van der Waals surface area contributed by atoms with E-state index in [2.05, 4.69) is 151 Å². The first-order valence-corrected chi connectivity index (χ1v) is 19.5. The molecule has 0 N–H and O–H groups in total. The predicted octanol–water partition coefficient (Wildman–Crippen LogP) is 11.3. The van der Waals surface area contributed by atoms with Crippen molar-refractivity contribution in [2.24, 2.45) is 0 Å². The number of hydrogen-bond donors (Lipinski definition) is 0. The first kappa shape index (κ1) is 30.7. The molecule has 0 saturated carbocycles. The Bertz CT molecular complexity index is 2700. The van der Waals surface area contributed by atoms with E-state index < -0.39 is 0 Å². The molecule has 14 rings (SSSR count). The van der Waals surface area contributed by atoms with Crippen LogP contribution in [0.15, 0.2) is 109 Å². The third-order valence-electron chi connectivity index (χ3n) is 12.9. The van der Waals surface area contributed by atoms with Crippen LogP contribution in [-0.4, -0.2) is 19.9 Å². The fourth-order valence-corrected chi connectivity index (χ4v) is 11.0. The van der Waals surface area contributed by atoms with Gasteiger partial charge in [0, 0.05) is 0 Å². The number of hydrogen-bond acceptors (Lipinski definition) is 4. The summed E-state index contributed by atoms with van der Waals surface area (Å²) in [6.07, 6.45) is 0. The molecule has 2 heterocycles. The molecule has 0 saturated heterocycles. The van der Waals surface area contributed by atoms with Gasteiger partial charge in [0.25, 0.3) is 0 Å². The average Bonchev–Trinajstić information content (AvgIpc) is 3.16. The van der Waals surface area contributed by atoms with Gasteiger partial charge in [-0.05, 0) is 89.4 Å². The second-order valence-corrected chi connectivity index (χ2v) is 18.1. The minimum atomic E-state index is -0.217. The summed E-state index contributed by atoms with van der Waals surface area (Å²) in [6, 6.07) is 40.4. The van der Waals surface area contributed by atoms with Crippen LogP contribution in [-0.2, 0) is 10.8 Å². The summed E-state index contributed by atoms with van der Waals surface area (Å²) >= 11 is 0. The van der Waals surface area contributed by atoms with Gasteiger partial charge in [0.1, 0.15) is 0 Å². The van der Waals surface area contributed by atoms with Gasteiger partial charge >= 0.3 is 0 Å². The van der Waals surface area contributed by atoms with Gasteiger partial charge in [-0.15, -0.1) is 0 Å². The number of rotatable bonds is 0. The van der Waals surface area contributed by atoms with E-state index in [0.717, 1.165) is 44.8 Å². The van der Waals surface area contributed by atoms with Gasteiger partial charge in [-0.2, -0.15) is 0 Å². The molecular weight excluding hydrogens is 657 g/mol. The summed E-state index contributed by atoms with van der Waals surface area (Å²) in [5, 5.41) is 2.42. The van der Waals surface area contributed by atoms with Crippen molar-refractivity contribution < 1.29 is 0 Å². The highest BCUT2D eigenvalue weighted by atomic mass is 14.9. The van der Waals surface area contributed by atoms with E-state index in [9.17, 15) is 0 Å². The third-order valence-corrected chi connectivity index (χ3v) is 12.9. The van der Waals surface area contributed by atoms with Crippen LogP contribution < -0.4 is 0 Å². The fourth-order valence-electron chi connectivity index (χ4n) is 11.0. The normalized spacial score (nSPS) is 20.0. The zero-order valence-electron chi connectivity index (χ0n) is 31.5. The minimum absolute atomic E-state index is 0.0612. The quantitative estimate of drug-likeness (QED) is 0.148. The molecule has 260 valence electrons. The summed E-state index contributed by atoms with van der Waals surface area (Å²) in [4.78, 5) is 22.8. The van der Waals surface area contributed by atoms with Crippen LogP contribution in [0.5, 0.6) is 0 Å². The zero-order chi connectivity index (χ0) is 36.4. The molecule has 54 heavy (non-hydrogen) atoms. The number of benzene rings is 6. The molecule has 0 spiro atoms. The largest absolute Gasteiger partial charge is 0.248 e. The van der Waals surface area contributed by atoms with Crippen LogP contribution in [0.4, 0.5) is 0 Å². The number of aromatic nitrogens is 4. The maximum atomic E-state index is 5.82. The molecule has 0 unspecified atom stereocenters. The Morgan fingerprint density at radius 3 is 0.833 bits per heavy atom. The van der Waals surface area contributed by atoms with Gasteiger partial charge in [0.05, 0.1) is 68.5 Å². The first-order chi connectivity index (χ1) is 26.1. The number of nitrogens with zero attached hydrogens (tertiary/aromatic N) is 4. The molecule has 8 aromatic rings. The molecule has 6 aromatic carbocycles. The molecule has 0 amide bonds. The highest BCUT2D eigenvalue weighted by Gasteiger charge is 2.46. The fraction of sp³-hybridized carbons (Fsp3) is 0.240. The van der Waals surface area contributed by atoms with Gasteiger partial charge in [0.2, 0.25) is 0 Å². The Kier molecular flexibility index (Phi) is 5.72. The lowest BCUT2D eigenvalue weighted by Gasteiger charge is -2.41. The van der Waals surface area contributed by atoms with Crippen LogP contribution in [0.25, 0.3) is 32.8 Å². The van der Waals surface area contributed by atoms with Gasteiger partial charge < -0.3 is 0 Å². The summed E-state index contributed by atoms with van der Waals surface area (Å²) in [7, 11) is 0. The molecule has 0 atom stereocenters. The van der Waals surface area contributed by atoms with Crippen molar-refractivity contribution in [3.63, 3.8) is 0 Å². The molecule has 0 aliphatic heterocycles. The Labute approximate surface area is 315 Å². The van der Waals surface area contributed by atoms with Crippen molar-refractivity contribution in [2.75, 3.05) is 0 Å².